The van der Waals surface area contributed by atoms with E-state index in [0.29, 0.717) is 0 Å². The van der Waals surface area contributed by atoms with Crippen LogP contribution in [0, 0.1) is 0 Å². The fraction of sp³-hybridized carbons (Fsp3) is 0.462. The molecule has 0 radical (unpaired) electrons. The third kappa shape index (κ3) is 21.7. The van der Waals surface area contributed by atoms with Gasteiger partial charge in [-0.25, -0.2) is 9.36 Å². The number of nitrogens with one attached hydrogen (secondary N) is 1. The lowest BCUT2D eigenvalue weighted by Crippen LogP contribution is -2.47. The Morgan fingerprint density at radius 3 is 1.83 bits per heavy atom. The average Bonchev–Trinajstić information content (AvgIpc) is 2.77. The van der Waals surface area contributed by atoms with Crippen molar-refractivity contribution in [1.82, 2.24) is 5.32 Å². The molecule has 0 aromatic rings. The van der Waals surface area contributed by atoms with Gasteiger partial charge in [0.1, 0.15) is 0 Å². The molecule has 0 saturated carbocycles. The van der Waals surface area contributed by atoms with Crippen molar-refractivity contribution >= 4 is 19.7 Å². The van der Waals surface area contributed by atoms with E-state index < -0.39 is 31.8 Å². The average molecular weight is 510 g/mol. The zero-order valence-electron chi connectivity index (χ0n) is 20.7. The van der Waals surface area contributed by atoms with Crippen molar-refractivity contribution in [3.05, 3.63) is 72.9 Å². The summed E-state index contributed by atoms with van der Waals surface area (Å²) >= 11 is 0. The SMILES string of the molecule is CCCCCCCCCC=CC=CC=CC=CC=CC=CC(=O)N[C@H](C(=O)O)[C@@H](C)OP(=O)(O)O. The van der Waals surface area contributed by atoms with Crippen LogP contribution in [0.15, 0.2) is 72.9 Å². The number of carboxylic acids is 1. The highest BCUT2D eigenvalue weighted by Gasteiger charge is 2.31. The number of unbranched alkanes of at least 4 members (excludes halogenated alkanes) is 7. The summed E-state index contributed by atoms with van der Waals surface area (Å²) in [6, 6.07) is -1.61. The molecule has 0 heterocycles. The van der Waals surface area contributed by atoms with Crippen molar-refractivity contribution in [3.63, 3.8) is 0 Å². The molecular formula is C26H40NO7P. The molecule has 2 atom stereocenters. The van der Waals surface area contributed by atoms with Crippen molar-refractivity contribution in [2.45, 2.75) is 77.4 Å². The van der Waals surface area contributed by atoms with Gasteiger partial charge in [0, 0.05) is 6.08 Å². The molecule has 35 heavy (non-hydrogen) atoms. The fourth-order valence-electron chi connectivity index (χ4n) is 2.91. The molecule has 1 amide bonds. The monoisotopic (exact) mass is 509 g/mol. The van der Waals surface area contributed by atoms with Gasteiger partial charge in [0.05, 0.1) is 6.10 Å². The van der Waals surface area contributed by atoms with Gasteiger partial charge >= 0.3 is 13.8 Å². The van der Waals surface area contributed by atoms with E-state index in [1.807, 2.05) is 30.4 Å². The minimum atomic E-state index is -4.88. The second-order valence-corrected chi connectivity index (χ2v) is 9.05. The van der Waals surface area contributed by atoms with E-state index in [9.17, 15) is 14.2 Å². The lowest BCUT2D eigenvalue weighted by atomic mass is 10.1. The maximum Gasteiger partial charge on any atom is 0.469 e. The fourth-order valence-corrected chi connectivity index (χ4v) is 3.46. The van der Waals surface area contributed by atoms with Crippen molar-refractivity contribution in [2.24, 2.45) is 0 Å². The number of amides is 1. The number of rotatable bonds is 19. The highest BCUT2D eigenvalue weighted by Crippen LogP contribution is 2.38. The first-order chi connectivity index (χ1) is 16.7. The van der Waals surface area contributed by atoms with Crippen LogP contribution in [0.3, 0.4) is 0 Å². The highest BCUT2D eigenvalue weighted by molar-refractivity contribution is 7.46. The first kappa shape index (κ1) is 32.5. The third-order valence-electron chi connectivity index (χ3n) is 4.69. The summed E-state index contributed by atoms with van der Waals surface area (Å²) in [5.74, 6) is -2.21. The number of aliphatic carboxylic acids is 1. The summed E-state index contributed by atoms with van der Waals surface area (Å²) < 4.78 is 15.2. The summed E-state index contributed by atoms with van der Waals surface area (Å²) in [4.78, 5) is 40.6. The zero-order chi connectivity index (χ0) is 26.4. The van der Waals surface area contributed by atoms with Crippen LogP contribution in [0.2, 0.25) is 0 Å². The first-order valence-electron chi connectivity index (χ1n) is 11.9. The lowest BCUT2D eigenvalue weighted by molar-refractivity contribution is -0.143. The first-order valence-corrected chi connectivity index (χ1v) is 13.5. The van der Waals surface area contributed by atoms with Gasteiger partial charge in [-0.15, -0.1) is 0 Å². The Balaban J connectivity index is 4.16. The molecule has 0 bridgehead atoms. The molecule has 0 aliphatic rings. The van der Waals surface area contributed by atoms with Gasteiger partial charge in [0.2, 0.25) is 5.91 Å². The van der Waals surface area contributed by atoms with Crippen molar-refractivity contribution in [2.75, 3.05) is 0 Å². The molecule has 0 fully saturated rings. The molecule has 8 nitrogen and oxygen atoms in total. The molecule has 0 aromatic carbocycles. The largest absolute Gasteiger partial charge is 0.480 e. The Morgan fingerprint density at radius 2 is 1.31 bits per heavy atom. The van der Waals surface area contributed by atoms with Gasteiger partial charge < -0.3 is 20.2 Å². The van der Waals surface area contributed by atoms with E-state index in [4.69, 9.17) is 14.9 Å². The topological polar surface area (TPSA) is 133 Å². The van der Waals surface area contributed by atoms with Crippen LogP contribution in [-0.4, -0.2) is 38.9 Å². The molecule has 0 spiro atoms. The van der Waals surface area contributed by atoms with E-state index in [-0.39, 0.29) is 0 Å². The van der Waals surface area contributed by atoms with E-state index in [1.165, 1.54) is 51.0 Å². The minimum absolute atomic E-state index is 0.739. The summed E-state index contributed by atoms with van der Waals surface area (Å²) in [7, 11) is -4.88. The normalized spacial score (nSPS) is 14.9. The minimum Gasteiger partial charge on any atom is -0.480 e. The lowest BCUT2D eigenvalue weighted by Gasteiger charge is -2.21. The van der Waals surface area contributed by atoms with Gasteiger partial charge in [-0.2, -0.15) is 0 Å². The van der Waals surface area contributed by atoms with Crippen molar-refractivity contribution < 1.29 is 33.6 Å². The quantitative estimate of drug-likeness (QED) is 0.0778. The number of phosphoric acid groups is 1. The molecule has 196 valence electrons. The van der Waals surface area contributed by atoms with Crippen molar-refractivity contribution in [3.8, 4) is 0 Å². The van der Waals surface area contributed by atoms with Crippen LogP contribution in [0.4, 0.5) is 0 Å². The number of carbonyl (C=O) groups excluding carboxylic acids is 1. The maximum atomic E-state index is 11.8. The summed E-state index contributed by atoms with van der Waals surface area (Å²) in [6.45, 7) is 3.37. The third-order valence-corrected chi connectivity index (χ3v) is 5.30. The predicted octanol–water partition coefficient (Wildman–Crippen LogP) is 5.53. The van der Waals surface area contributed by atoms with E-state index >= 15 is 0 Å². The number of allylic oxidation sites excluding steroid dienone is 11. The molecule has 0 aromatic heterocycles. The molecular weight excluding hydrogens is 469 g/mol. The number of hydrogen-bond donors (Lipinski definition) is 4. The number of hydrogen-bond acceptors (Lipinski definition) is 4. The van der Waals surface area contributed by atoms with Crippen LogP contribution in [0.5, 0.6) is 0 Å². The Morgan fingerprint density at radius 1 is 0.829 bits per heavy atom. The van der Waals surface area contributed by atoms with Crippen molar-refractivity contribution in [1.29, 1.82) is 0 Å². The van der Waals surface area contributed by atoms with Crippen LogP contribution in [0.1, 0.15) is 65.2 Å². The number of phosphoric ester groups is 1. The second kappa shape index (κ2) is 20.8. The standard InChI is InChI=1S/C26H40NO7P/c1-3-4-5-6-7-8-9-10-11-12-13-14-15-16-17-18-19-20-21-22-24(28)27-25(26(29)30)23(2)34-35(31,32)33/h11-23,25H,3-10H2,1-2H3,(H,27,28)(H,29,30)(H2,31,32,33)/t23-,25+/m1/s1. The van der Waals surface area contributed by atoms with Gasteiger partial charge in [-0.1, -0.05) is 112 Å². The molecule has 0 saturated heterocycles. The molecule has 0 unspecified atom stereocenters. The smallest absolute Gasteiger partial charge is 0.469 e. The van der Waals surface area contributed by atoms with E-state index in [2.05, 4.69) is 28.9 Å². The number of carbonyl (C=O) groups is 2. The van der Waals surface area contributed by atoms with Gasteiger partial charge in [0.25, 0.3) is 0 Å². The van der Waals surface area contributed by atoms with Gasteiger partial charge in [-0.3, -0.25) is 9.32 Å². The maximum absolute atomic E-state index is 11.8. The van der Waals surface area contributed by atoms with E-state index in [1.54, 1.807) is 18.2 Å². The zero-order valence-corrected chi connectivity index (χ0v) is 21.6. The molecule has 9 heteroatoms. The molecule has 0 aliphatic carbocycles. The molecule has 4 N–H and O–H groups in total. The Kier molecular flexibility index (Phi) is 19.3. The van der Waals surface area contributed by atoms with E-state index in [0.717, 1.165) is 19.4 Å². The van der Waals surface area contributed by atoms with Crippen LogP contribution in [-0.2, 0) is 18.7 Å². The summed E-state index contributed by atoms with van der Waals surface area (Å²) in [5.41, 5.74) is 0. The summed E-state index contributed by atoms with van der Waals surface area (Å²) in [5, 5.41) is 11.2. The van der Waals surface area contributed by atoms with Crippen LogP contribution in [0.25, 0.3) is 0 Å². The molecule has 0 aliphatic heterocycles. The van der Waals surface area contributed by atoms with Gasteiger partial charge in [0.15, 0.2) is 6.04 Å². The Bertz CT molecular complexity index is 822. The molecule has 0 rings (SSSR count). The van der Waals surface area contributed by atoms with Crippen LogP contribution < -0.4 is 5.32 Å². The Labute approximate surface area is 209 Å². The highest BCUT2D eigenvalue weighted by atomic mass is 31.2. The number of carboxylic acid groups (broad SMARTS) is 1. The van der Waals surface area contributed by atoms with Gasteiger partial charge in [-0.05, 0) is 19.8 Å². The van der Waals surface area contributed by atoms with Crippen LogP contribution >= 0.6 is 7.82 Å². The second-order valence-electron chi connectivity index (χ2n) is 7.86. The predicted molar refractivity (Wildman–Crippen MR) is 140 cm³/mol. The Hall–Kier alpha value is -2.51. The summed E-state index contributed by atoms with van der Waals surface area (Å²) in [6.07, 6.45) is 30.2.